The molecule has 0 aliphatic rings. The van der Waals surface area contributed by atoms with Crippen LogP contribution < -0.4 is 15.8 Å². The number of rotatable bonds is 3. The first-order chi connectivity index (χ1) is 10.7. The van der Waals surface area contributed by atoms with Crippen molar-refractivity contribution in [3.63, 3.8) is 0 Å². The number of hydrogen-bond acceptors (Lipinski definition) is 5. The largest absolute Gasteiger partial charge is 0.495 e. The molecule has 1 amide bonds. The molecule has 7 heteroatoms. The number of hydrogen-bond donors (Lipinski definition) is 2. The van der Waals surface area contributed by atoms with Crippen LogP contribution in [0, 0.1) is 0 Å². The van der Waals surface area contributed by atoms with Gasteiger partial charge in [0.05, 0.1) is 18.5 Å². The molecule has 0 fully saturated rings. The first-order valence-electron chi connectivity index (χ1n) is 7.17. The van der Waals surface area contributed by atoms with Crippen molar-refractivity contribution in [3.05, 3.63) is 24.3 Å². The molecule has 0 spiro atoms. The van der Waals surface area contributed by atoms with Crippen LogP contribution in [0.2, 0.25) is 0 Å². The second kappa shape index (κ2) is 6.20. The predicted octanol–water partition coefficient (Wildman–Crippen LogP) is 3.02. The normalized spacial score (nSPS) is 11.2. The van der Waals surface area contributed by atoms with E-state index in [2.05, 4.69) is 10.4 Å². The van der Waals surface area contributed by atoms with Crippen LogP contribution in [0.15, 0.2) is 24.3 Å². The van der Waals surface area contributed by atoms with Gasteiger partial charge in [0.1, 0.15) is 17.2 Å². The molecular formula is C16H22N4O3. The van der Waals surface area contributed by atoms with Crippen LogP contribution in [-0.2, 0) is 11.8 Å². The van der Waals surface area contributed by atoms with Crippen LogP contribution in [-0.4, -0.2) is 28.6 Å². The van der Waals surface area contributed by atoms with E-state index in [0.29, 0.717) is 22.9 Å². The number of nitrogens with two attached hydrogens (primary N) is 1. The molecule has 2 rings (SSSR count). The Labute approximate surface area is 135 Å². The smallest absolute Gasteiger partial charge is 0.412 e. The van der Waals surface area contributed by atoms with E-state index < -0.39 is 11.7 Å². The minimum absolute atomic E-state index is 0.503. The van der Waals surface area contributed by atoms with Crippen molar-refractivity contribution < 1.29 is 14.3 Å². The average Bonchev–Trinajstić information content (AvgIpc) is 2.76. The van der Waals surface area contributed by atoms with Gasteiger partial charge in [-0.25, -0.2) is 4.79 Å². The third-order valence-corrected chi connectivity index (χ3v) is 3.05. The molecule has 0 saturated heterocycles. The number of carbonyl (C=O) groups excluding carboxylic acids is 1. The fourth-order valence-corrected chi connectivity index (χ4v) is 2.00. The Morgan fingerprint density at radius 3 is 2.52 bits per heavy atom. The van der Waals surface area contributed by atoms with Gasteiger partial charge in [-0.1, -0.05) is 0 Å². The topological polar surface area (TPSA) is 91.4 Å². The number of amides is 1. The predicted molar refractivity (Wildman–Crippen MR) is 89.5 cm³/mol. The number of carbonyl (C=O) groups is 1. The van der Waals surface area contributed by atoms with E-state index in [-0.39, 0.29) is 0 Å². The van der Waals surface area contributed by atoms with Gasteiger partial charge in [0.25, 0.3) is 0 Å². The van der Waals surface area contributed by atoms with Crippen molar-refractivity contribution in [1.82, 2.24) is 9.78 Å². The van der Waals surface area contributed by atoms with Crippen LogP contribution in [0.25, 0.3) is 11.3 Å². The molecule has 0 atom stereocenters. The molecule has 0 aliphatic heterocycles. The molecule has 3 N–H and O–H groups in total. The minimum Gasteiger partial charge on any atom is -0.495 e. The molecule has 1 aromatic carbocycles. The van der Waals surface area contributed by atoms with Crippen molar-refractivity contribution in [2.45, 2.75) is 26.4 Å². The molecule has 0 saturated carbocycles. The van der Waals surface area contributed by atoms with Gasteiger partial charge in [-0.2, -0.15) is 5.10 Å². The van der Waals surface area contributed by atoms with Crippen LogP contribution in [0.4, 0.5) is 16.3 Å². The van der Waals surface area contributed by atoms with E-state index in [4.69, 9.17) is 15.2 Å². The molecule has 1 aromatic heterocycles. The highest BCUT2D eigenvalue weighted by molar-refractivity contribution is 5.88. The standard InChI is InChI=1S/C16H22N4O3/c1-16(2,3)23-15(21)18-12-8-10(6-7-13(12)22-5)11-9-14(17)20(4)19-11/h6-9H,17H2,1-5H3,(H,18,21). The summed E-state index contributed by atoms with van der Waals surface area (Å²) in [4.78, 5) is 12.0. The third kappa shape index (κ3) is 4.15. The molecule has 124 valence electrons. The van der Waals surface area contributed by atoms with Crippen LogP contribution in [0.3, 0.4) is 0 Å². The van der Waals surface area contributed by atoms with E-state index >= 15 is 0 Å². The molecule has 0 aliphatic carbocycles. The van der Waals surface area contributed by atoms with Gasteiger partial charge in [0.15, 0.2) is 0 Å². The van der Waals surface area contributed by atoms with E-state index in [1.807, 2.05) is 6.07 Å². The van der Waals surface area contributed by atoms with Gasteiger partial charge in [0.2, 0.25) is 0 Å². The highest BCUT2D eigenvalue weighted by Crippen LogP contribution is 2.31. The molecule has 23 heavy (non-hydrogen) atoms. The number of nitrogen functional groups attached to an aromatic ring is 1. The molecule has 2 aromatic rings. The summed E-state index contributed by atoms with van der Waals surface area (Å²) in [6, 6.07) is 7.14. The van der Waals surface area contributed by atoms with Gasteiger partial charge >= 0.3 is 6.09 Å². The van der Waals surface area contributed by atoms with E-state index in [1.165, 1.54) is 7.11 Å². The van der Waals surface area contributed by atoms with Crippen LogP contribution >= 0.6 is 0 Å². The zero-order valence-corrected chi connectivity index (χ0v) is 14.0. The van der Waals surface area contributed by atoms with E-state index in [1.54, 1.807) is 50.7 Å². The van der Waals surface area contributed by atoms with Crippen molar-refractivity contribution >= 4 is 17.6 Å². The lowest BCUT2D eigenvalue weighted by atomic mass is 10.1. The molecule has 1 heterocycles. The van der Waals surface area contributed by atoms with Gasteiger partial charge < -0.3 is 15.2 Å². The fraction of sp³-hybridized carbons (Fsp3) is 0.375. The quantitative estimate of drug-likeness (QED) is 0.907. The SMILES string of the molecule is COc1ccc(-c2cc(N)n(C)n2)cc1NC(=O)OC(C)(C)C. The summed E-state index contributed by atoms with van der Waals surface area (Å²) in [6.07, 6.45) is -0.548. The Morgan fingerprint density at radius 1 is 1.30 bits per heavy atom. The Morgan fingerprint density at radius 2 is 2.00 bits per heavy atom. The summed E-state index contributed by atoms with van der Waals surface area (Å²) in [6.45, 7) is 5.41. The van der Waals surface area contributed by atoms with Crippen molar-refractivity contribution in [3.8, 4) is 17.0 Å². The Hall–Kier alpha value is -2.70. The number of ether oxygens (including phenoxy) is 2. The highest BCUT2D eigenvalue weighted by atomic mass is 16.6. The number of aromatic nitrogens is 2. The van der Waals surface area contributed by atoms with E-state index in [9.17, 15) is 4.79 Å². The Balaban J connectivity index is 2.30. The van der Waals surface area contributed by atoms with Crippen molar-refractivity contribution in [2.75, 3.05) is 18.2 Å². The van der Waals surface area contributed by atoms with Crippen molar-refractivity contribution in [1.29, 1.82) is 0 Å². The third-order valence-electron chi connectivity index (χ3n) is 3.05. The van der Waals surface area contributed by atoms with Gasteiger partial charge in [0, 0.05) is 18.7 Å². The summed E-state index contributed by atoms with van der Waals surface area (Å²) in [5.74, 6) is 1.08. The van der Waals surface area contributed by atoms with Crippen molar-refractivity contribution in [2.24, 2.45) is 7.05 Å². The molecular weight excluding hydrogens is 296 g/mol. The second-order valence-electron chi connectivity index (χ2n) is 6.12. The fourth-order valence-electron chi connectivity index (χ4n) is 2.00. The maximum atomic E-state index is 12.0. The zero-order chi connectivity index (χ0) is 17.2. The maximum absolute atomic E-state index is 12.0. The van der Waals surface area contributed by atoms with Gasteiger partial charge in [-0.15, -0.1) is 0 Å². The number of benzene rings is 1. The Kier molecular flexibility index (Phi) is 4.49. The summed E-state index contributed by atoms with van der Waals surface area (Å²) in [5.41, 5.74) is 7.25. The summed E-state index contributed by atoms with van der Waals surface area (Å²) in [7, 11) is 3.30. The first-order valence-corrected chi connectivity index (χ1v) is 7.17. The zero-order valence-electron chi connectivity index (χ0n) is 14.0. The average molecular weight is 318 g/mol. The maximum Gasteiger partial charge on any atom is 0.412 e. The van der Waals surface area contributed by atoms with Crippen LogP contribution in [0.5, 0.6) is 5.75 Å². The highest BCUT2D eigenvalue weighted by Gasteiger charge is 2.18. The summed E-state index contributed by atoms with van der Waals surface area (Å²) in [5, 5.41) is 7.02. The molecule has 0 bridgehead atoms. The van der Waals surface area contributed by atoms with Gasteiger partial charge in [-0.3, -0.25) is 10.00 Å². The lowest BCUT2D eigenvalue weighted by Crippen LogP contribution is -2.27. The second-order valence-corrected chi connectivity index (χ2v) is 6.12. The lowest BCUT2D eigenvalue weighted by molar-refractivity contribution is 0.0635. The van der Waals surface area contributed by atoms with Crippen LogP contribution in [0.1, 0.15) is 20.8 Å². The number of nitrogens with zero attached hydrogens (tertiary/aromatic N) is 2. The minimum atomic E-state index is -0.579. The number of nitrogens with one attached hydrogen (secondary N) is 1. The molecule has 7 nitrogen and oxygen atoms in total. The Bertz CT molecular complexity index is 697. The van der Waals surface area contributed by atoms with Gasteiger partial charge in [-0.05, 0) is 39.0 Å². The van der Waals surface area contributed by atoms with E-state index in [0.717, 1.165) is 5.56 Å². The lowest BCUT2D eigenvalue weighted by Gasteiger charge is -2.20. The number of anilines is 2. The summed E-state index contributed by atoms with van der Waals surface area (Å²) >= 11 is 0. The first kappa shape index (κ1) is 16.7. The molecule has 0 radical (unpaired) electrons. The summed E-state index contributed by atoms with van der Waals surface area (Å²) < 4.78 is 12.1. The monoisotopic (exact) mass is 318 g/mol. The number of methoxy groups -OCH3 is 1. The number of aryl methyl sites for hydroxylation is 1. The molecule has 0 unspecified atom stereocenters.